The van der Waals surface area contributed by atoms with Gasteiger partial charge in [0.15, 0.2) is 9.84 Å². The van der Waals surface area contributed by atoms with Gasteiger partial charge in [-0.05, 0) is 30.5 Å². The van der Waals surface area contributed by atoms with Crippen LogP contribution in [0.4, 0.5) is 0 Å². The number of rotatable bonds is 3. The van der Waals surface area contributed by atoms with E-state index >= 15 is 0 Å². The number of nitrogens with one attached hydrogen (secondary N) is 1. The molecule has 3 rings (SSSR count). The molecular weight excluding hydrogens is 332 g/mol. The van der Waals surface area contributed by atoms with Crippen LogP contribution >= 0.6 is 12.4 Å². The van der Waals surface area contributed by atoms with Gasteiger partial charge in [-0.1, -0.05) is 31.4 Å². The summed E-state index contributed by atoms with van der Waals surface area (Å²) in [6.45, 7) is 4.14. The van der Waals surface area contributed by atoms with Crippen LogP contribution in [0.5, 0.6) is 0 Å². The minimum Gasteiger partial charge on any atom is -0.314 e. The first-order valence-corrected chi connectivity index (χ1v) is 10.1. The van der Waals surface area contributed by atoms with Crippen molar-refractivity contribution in [3.8, 4) is 0 Å². The molecule has 2 fully saturated rings. The molecule has 130 valence electrons. The summed E-state index contributed by atoms with van der Waals surface area (Å²) in [5.41, 5.74) is 1.52. The maximum absolute atomic E-state index is 11.6. The van der Waals surface area contributed by atoms with E-state index in [0.29, 0.717) is 10.4 Å². The molecule has 1 aromatic carbocycles. The SMILES string of the molecule is CS(=O)(=O)c1ccc(CN2CCNCC23CCCCC3)cc1.Cl. The summed E-state index contributed by atoms with van der Waals surface area (Å²) in [6, 6.07) is 7.41. The summed E-state index contributed by atoms with van der Waals surface area (Å²) in [7, 11) is -3.10. The Morgan fingerprint density at radius 1 is 1.13 bits per heavy atom. The van der Waals surface area contributed by atoms with Crippen LogP contribution in [0.1, 0.15) is 37.7 Å². The number of halogens is 1. The maximum Gasteiger partial charge on any atom is 0.175 e. The molecule has 1 saturated heterocycles. The highest BCUT2D eigenvalue weighted by atomic mass is 35.5. The van der Waals surface area contributed by atoms with E-state index in [2.05, 4.69) is 10.2 Å². The number of sulfone groups is 1. The lowest BCUT2D eigenvalue weighted by molar-refractivity contribution is 0.0209. The Balaban J connectivity index is 0.00000192. The molecule has 2 aliphatic rings. The Labute approximate surface area is 146 Å². The quantitative estimate of drug-likeness (QED) is 0.902. The van der Waals surface area contributed by atoms with Gasteiger partial charge in [0.1, 0.15) is 0 Å². The molecule has 0 atom stereocenters. The second-order valence-electron chi connectivity index (χ2n) is 6.80. The summed E-state index contributed by atoms with van der Waals surface area (Å²) >= 11 is 0. The van der Waals surface area contributed by atoms with Crippen molar-refractivity contribution >= 4 is 22.2 Å². The molecule has 1 spiro atoms. The minimum absolute atomic E-state index is 0. The maximum atomic E-state index is 11.6. The third-order valence-corrected chi connectivity index (χ3v) is 6.32. The van der Waals surface area contributed by atoms with E-state index in [1.165, 1.54) is 43.9 Å². The Morgan fingerprint density at radius 3 is 2.39 bits per heavy atom. The third-order valence-electron chi connectivity index (χ3n) is 5.19. The van der Waals surface area contributed by atoms with Gasteiger partial charge in [-0.15, -0.1) is 12.4 Å². The van der Waals surface area contributed by atoms with Gasteiger partial charge in [-0.3, -0.25) is 4.90 Å². The van der Waals surface area contributed by atoms with Gasteiger partial charge in [0, 0.05) is 38.0 Å². The molecule has 1 N–H and O–H groups in total. The molecular formula is C17H27ClN2O2S. The zero-order valence-corrected chi connectivity index (χ0v) is 15.4. The zero-order chi connectivity index (χ0) is 15.6. The molecule has 0 radical (unpaired) electrons. The van der Waals surface area contributed by atoms with Crippen molar-refractivity contribution in [3.63, 3.8) is 0 Å². The van der Waals surface area contributed by atoms with Gasteiger partial charge in [-0.25, -0.2) is 8.42 Å². The van der Waals surface area contributed by atoms with Crippen LogP contribution in [0.3, 0.4) is 0 Å². The smallest absolute Gasteiger partial charge is 0.175 e. The molecule has 23 heavy (non-hydrogen) atoms. The first-order chi connectivity index (χ1) is 10.5. The fourth-order valence-electron chi connectivity index (χ4n) is 3.90. The number of piperazine rings is 1. The first-order valence-electron chi connectivity index (χ1n) is 8.24. The number of hydrogen-bond acceptors (Lipinski definition) is 4. The fourth-order valence-corrected chi connectivity index (χ4v) is 4.53. The summed E-state index contributed by atoms with van der Waals surface area (Å²) in [6.07, 6.45) is 7.83. The fraction of sp³-hybridized carbons (Fsp3) is 0.647. The molecule has 4 nitrogen and oxygen atoms in total. The molecule has 0 unspecified atom stereocenters. The van der Waals surface area contributed by atoms with Gasteiger partial charge in [0.2, 0.25) is 0 Å². The molecule has 0 amide bonds. The zero-order valence-electron chi connectivity index (χ0n) is 13.8. The van der Waals surface area contributed by atoms with Gasteiger partial charge < -0.3 is 5.32 Å². The molecule has 1 aliphatic carbocycles. The third kappa shape index (κ3) is 4.27. The van der Waals surface area contributed by atoms with Gasteiger partial charge >= 0.3 is 0 Å². The number of nitrogens with zero attached hydrogens (tertiary/aromatic N) is 1. The highest BCUT2D eigenvalue weighted by Gasteiger charge is 2.39. The minimum atomic E-state index is -3.10. The van der Waals surface area contributed by atoms with Crippen molar-refractivity contribution in [2.24, 2.45) is 0 Å². The molecule has 0 aromatic heterocycles. The average Bonchev–Trinajstić information content (AvgIpc) is 2.50. The van der Waals surface area contributed by atoms with E-state index in [-0.39, 0.29) is 12.4 Å². The molecule has 1 saturated carbocycles. The largest absolute Gasteiger partial charge is 0.314 e. The molecule has 1 aliphatic heterocycles. The molecule has 1 heterocycles. The van der Waals surface area contributed by atoms with Crippen LogP contribution in [0.2, 0.25) is 0 Å². The van der Waals surface area contributed by atoms with E-state index in [1.54, 1.807) is 12.1 Å². The van der Waals surface area contributed by atoms with Crippen molar-refractivity contribution in [2.45, 2.75) is 49.1 Å². The van der Waals surface area contributed by atoms with Crippen LogP contribution in [0.15, 0.2) is 29.2 Å². The van der Waals surface area contributed by atoms with E-state index in [4.69, 9.17) is 0 Å². The predicted octanol–water partition coefficient (Wildman–Crippen LogP) is 2.62. The second-order valence-corrected chi connectivity index (χ2v) is 8.82. The standard InChI is InChI=1S/C17H26N2O2S.ClH/c1-22(20,21)16-7-5-15(6-8-16)13-19-12-11-18-14-17(19)9-3-2-4-10-17;/h5-8,18H,2-4,9-14H2,1H3;1H. The van der Waals surface area contributed by atoms with Crippen molar-refractivity contribution < 1.29 is 8.42 Å². The lowest BCUT2D eigenvalue weighted by Gasteiger charge is -2.50. The van der Waals surface area contributed by atoms with E-state index in [0.717, 1.165) is 26.2 Å². The summed E-state index contributed by atoms with van der Waals surface area (Å²) in [5, 5.41) is 3.57. The normalized spacial score (nSPS) is 21.8. The van der Waals surface area contributed by atoms with E-state index in [1.807, 2.05) is 12.1 Å². The average molecular weight is 359 g/mol. The predicted molar refractivity (Wildman–Crippen MR) is 95.9 cm³/mol. The highest BCUT2D eigenvalue weighted by Crippen LogP contribution is 2.35. The van der Waals surface area contributed by atoms with Gasteiger partial charge in [0.25, 0.3) is 0 Å². The van der Waals surface area contributed by atoms with Crippen molar-refractivity contribution in [3.05, 3.63) is 29.8 Å². The van der Waals surface area contributed by atoms with Crippen molar-refractivity contribution in [1.29, 1.82) is 0 Å². The van der Waals surface area contributed by atoms with Gasteiger partial charge in [0.05, 0.1) is 4.90 Å². The van der Waals surface area contributed by atoms with E-state index in [9.17, 15) is 8.42 Å². The monoisotopic (exact) mass is 358 g/mol. The molecule has 0 bridgehead atoms. The lowest BCUT2D eigenvalue weighted by Crippen LogP contribution is -2.61. The van der Waals surface area contributed by atoms with Crippen molar-refractivity contribution in [2.75, 3.05) is 25.9 Å². The Hall–Kier alpha value is -0.620. The van der Waals surface area contributed by atoms with Crippen LogP contribution in [0, 0.1) is 0 Å². The summed E-state index contributed by atoms with van der Waals surface area (Å²) in [5.74, 6) is 0. The van der Waals surface area contributed by atoms with Crippen molar-refractivity contribution in [1.82, 2.24) is 10.2 Å². The highest BCUT2D eigenvalue weighted by molar-refractivity contribution is 7.90. The summed E-state index contributed by atoms with van der Waals surface area (Å²) in [4.78, 5) is 3.03. The number of hydrogen-bond donors (Lipinski definition) is 1. The first kappa shape index (κ1) is 18.7. The second kappa shape index (κ2) is 7.51. The number of benzene rings is 1. The Morgan fingerprint density at radius 2 is 1.78 bits per heavy atom. The van der Waals surface area contributed by atoms with Gasteiger partial charge in [-0.2, -0.15) is 0 Å². The van der Waals surface area contributed by atoms with E-state index < -0.39 is 9.84 Å². The summed E-state index contributed by atoms with van der Waals surface area (Å²) < 4.78 is 23.1. The lowest BCUT2D eigenvalue weighted by atomic mass is 9.79. The van der Waals surface area contributed by atoms with Crippen LogP contribution in [0.25, 0.3) is 0 Å². The Kier molecular flexibility index (Phi) is 6.11. The Bertz CT molecular complexity index is 602. The molecule has 1 aromatic rings. The molecule has 6 heteroatoms. The van der Waals surface area contributed by atoms with Crippen LogP contribution in [-0.4, -0.2) is 44.7 Å². The topological polar surface area (TPSA) is 49.4 Å². The van der Waals surface area contributed by atoms with Crippen LogP contribution in [-0.2, 0) is 16.4 Å². The van der Waals surface area contributed by atoms with Crippen LogP contribution < -0.4 is 5.32 Å².